The van der Waals surface area contributed by atoms with E-state index in [1.54, 1.807) is 20.8 Å². The maximum Gasteiger partial charge on any atom is 0.250 e. The first kappa shape index (κ1) is 12.3. The molecule has 0 spiro atoms. The number of hydrogen-bond acceptors (Lipinski definition) is 3. The van der Waals surface area contributed by atoms with Crippen LogP contribution < -0.4 is 16.2 Å². The van der Waals surface area contributed by atoms with Crippen LogP contribution in [0.15, 0.2) is 12.1 Å². The zero-order chi connectivity index (χ0) is 12.5. The maximum atomic E-state index is 13.5. The summed E-state index contributed by atoms with van der Waals surface area (Å²) in [4.78, 5) is 11.0. The Labute approximate surface area is 93.4 Å². The van der Waals surface area contributed by atoms with Gasteiger partial charge in [0.25, 0.3) is 5.91 Å². The largest absolute Gasteiger partial charge is 0.485 e. The lowest BCUT2D eigenvalue weighted by molar-refractivity contribution is 0.0996. The van der Waals surface area contributed by atoms with E-state index >= 15 is 0 Å². The van der Waals surface area contributed by atoms with Gasteiger partial charge in [0.2, 0.25) is 0 Å². The minimum Gasteiger partial charge on any atom is -0.485 e. The number of hydrogen-bond donors (Lipinski definition) is 2. The molecule has 0 aliphatic carbocycles. The minimum atomic E-state index is -0.712. The molecule has 0 heterocycles. The first-order chi connectivity index (χ1) is 7.20. The van der Waals surface area contributed by atoms with Gasteiger partial charge in [0.05, 0.1) is 5.56 Å². The van der Waals surface area contributed by atoms with Crippen LogP contribution in [0.3, 0.4) is 0 Å². The molecule has 1 aromatic rings. The molecule has 0 atom stereocenters. The number of primary amides is 1. The normalized spacial score (nSPS) is 11.2. The smallest absolute Gasteiger partial charge is 0.250 e. The predicted octanol–water partition coefficient (Wildman–Crippen LogP) is 1.68. The molecule has 0 bridgehead atoms. The minimum absolute atomic E-state index is 0.00580. The fraction of sp³-hybridized carbons (Fsp3) is 0.364. The molecular formula is C11H15FN2O2. The van der Waals surface area contributed by atoms with Gasteiger partial charge in [-0.05, 0) is 26.8 Å². The van der Waals surface area contributed by atoms with Crippen LogP contribution in [0, 0.1) is 5.82 Å². The monoisotopic (exact) mass is 226 g/mol. The molecule has 16 heavy (non-hydrogen) atoms. The summed E-state index contributed by atoms with van der Waals surface area (Å²) >= 11 is 0. The molecule has 0 aliphatic heterocycles. The lowest BCUT2D eigenvalue weighted by atomic mass is 10.1. The first-order valence-corrected chi connectivity index (χ1v) is 4.78. The van der Waals surface area contributed by atoms with Gasteiger partial charge < -0.3 is 16.2 Å². The van der Waals surface area contributed by atoms with Gasteiger partial charge in [0.15, 0.2) is 11.6 Å². The number of halogens is 1. The van der Waals surface area contributed by atoms with E-state index in [9.17, 15) is 9.18 Å². The molecule has 1 aromatic carbocycles. The molecule has 4 N–H and O–H groups in total. The fourth-order valence-corrected chi connectivity index (χ4v) is 1.19. The maximum absolute atomic E-state index is 13.5. The Morgan fingerprint density at radius 2 is 1.94 bits per heavy atom. The number of rotatable bonds is 2. The molecule has 0 radical (unpaired) electrons. The van der Waals surface area contributed by atoms with Crippen molar-refractivity contribution in [2.45, 2.75) is 26.4 Å². The van der Waals surface area contributed by atoms with E-state index in [-0.39, 0.29) is 17.0 Å². The fourth-order valence-electron chi connectivity index (χ4n) is 1.19. The number of nitrogens with two attached hydrogens (primary N) is 2. The van der Waals surface area contributed by atoms with E-state index in [4.69, 9.17) is 16.2 Å². The van der Waals surface area contributed by atoms with Crippen molar-refractivity contribution in [3.63, 3.8) is 0 Å². The van der Waals surface area contributed by atoms with Crippen LogP contribution >= 0.6 is 0 Å². The number of carbonyl (C=O) groups excluding carboxylic acids is 1. The number of ether oxygens (including phenoxy) is 1. The molecular weight excluding hydrogens is 211 g/mol. The standard InChI is InChI=1S/C11H15FN2O2/c1-11(2,3)16-9-4-6(10(14)15)8(13)5-7(9)12/h4-5H,13H2,1-3H3,(H2,14,15). The van der Waals surface area contributed by atoms with Gasteiger partial charge in [-0.3, -0.25) is 4.79 Å². The van der Waals surface area contributed by atoms with Crippen LogP contribution in [0.4, 0.5) is 10.1 Å². The van der Waals surface area contributed by atoms with Gasteiger partial charge in [0.1, 0.15) is 5.60 Å². The number of nitrogen functional groups attached to an aromatic ring is 1. The lowest BCUT2D eigenvalue weighted by Crippen LogP contribution is -2.24. The number of benzene rings is 1. The third-order valence-electron chi connectivity index (χ3n) is 1.79. The predicted molar refractivity (Wildman–Crippen MR) is 59.7 cm³/mol. The highest BCUT2D eigenvalue weighted by molar-refractivity contribution is 5.98. The van der Waals surface area contributed by atoms with Crippen molar-refractivity contribution in [3.8, 4) is 5.75 Å². The number of carbonyl (C=O) groups is 1. The first-order valence-electron chi connectivity index (χ1n) is 4.78. The van der Waals surface area contributed by atoms with Crippen molar-refractivity contribution in [1.82, 2.24) is 0 Å². The highest BCUT2D eigenvalue weighted by Crippen LogP contribution is 2.26. The van der Waals surface area contributed by atoms with Crippen molar-refractivity contribution in [2.24, 2.45) is 5.73 Å². The van der Waals surface area contributed by atoms with Gasteiger partial charge in [-0.25, -0.2) is 4.39 Å². The highest BCUT2D eigenvalue weighted by Gasteiger charge is 2.18. The Morgan fingerprint density at radius 3 is 2.38 bits per heavy atom. The topological polar surface area (TPSA) is 78.3 Å². The van der Waals surface area contributed by atoms with Crippen molar-refractivity contribution >= 4 is 11.6 Å². The van der Waals surface area contributed by atoms with Crippen LogP contribution in [0.25, 0.3) is 0 Å². The second kappa shape index (κ2) is 4.00. The molecule has 0 fully saturated rings. The molecule has 4 nitrogen and oxygen atoms in total. The van der Waals surface area contributed by atoms with Gasteiger partial charge in [-0.15, -0.1) is 0 Å². The molecule has 5 heteroatoms. The molecule has 1 amide bonds. The van der Waals surface area contributed by atoms with E-state index in [2.05, 4.69) is 0 Å². The summed E-state index contributed by atoms with van der Waals surface area (Å²) in [7, 11) is 0. The van der Waals surface area contributed by atoms with Gasteiger partial charge in [0, 0.05) is 11.8 Å². The average Bonchev–Trinajstić information content (AvgIpc) is 2.07. The molecule has 88 valence electrons. The van der Waals surface area contributed by atoms with E-state index in [1.165, 1.54) is 6.07 Å². The second-order valence-corrected chi connectivity index (χ2v) is 4.45. The van der Waals surface area contributed by atoms with E-state index in [0.717, 1.165) is 6.07 Å². The molecule has 1 rings (SSSR count). The SMILES string of the molecule is CC(C)(C)Oc1cc(C(N)=O)c(N)cc1F. The molecule has 0 aromatic heterocycles. The average molecular weight is 226 g/mol. The zero-order valence-electron chi connectivity index (χ0n) is 9.50. The summed E-state index contributed by atoms with van der Waals surface area (Å²) in [5.41, 5.74) is 10.1. The highest BCUT2D eigenvalue weighted by atomic mass is 19.1. The Kier molecular flexibility index (Phi) is 3.07. The molecule has 0 saturated heterocycles. The van der Waals surface area contributed by atoms with Crippen LogP contribution in [-0.2, 0) is 0 Å². The molecule has 0 aliphatic rings. The lowest BCUT2D eigenvalue weighted by Gasteiger charge is -2.22. The summed E-state index contributed by atoms with van der Waals surface area (Å²) in [5, 5.41) is 0. The Balaban J connectivity index is 3.20. The number of amides is 1. The number of anilines is 1. The van der Waals surface area contributed by atoms with Crippen LogP contribution in [0.5, 0.6) is 5.75 Å². The summed E-state index contributed by atoms with van der Waals surface area (Å²) in [6.07, 6.45) is 0. The molecule has 0 unspecified atom stereocenters. The quantitative estimate of drug-likeness (QED) is 0.753. The third kappa shape index (κ3) is 2.85. The Hall–Kier alpha value is -1.78. The van der Waals surface area contributed by atoms with E-state index in [1.807, 2.05) is 0 Å². The summed E-state index contributed by atoms with van der Waals surface area (Å²) < 4.78 is 18.8. The van der Waals surface area contributed by atoms with Crippen LogP contribution in [-0.4, -0.2) is 11.5 Å². The third-order valence-corrected chi connectivity index (χ3v) is 1.79. The van der Waals surface area contributed by atoms with E-state index in [0.29, 0.717) is 0 Å². The summed E-state index contributed by atoms with van der Waals surface area (Å²) in [6, 6.07) is 2.25. The Morgan fingerprint density at radius 1 is 1.38 bits per heavy atom. The summed E-state index contributed by atoms with van der Waals surface area (Å²) in [5.74, 6) is -1.36. The van der Waals surface area contributed by atoms with E-state index < -0.39 is 17.3 Å². The zero-order valence-corrected chi connectivity index (χ0v) is 9.50. The van der Waals surface area contributed by atoms with Gasteiger partial charge >= 0.3 is 0 Å². The molecule has 0 saturated carbocycles. The van der Waals surface area contributed by atoms with Crippen LogP contribution in [0.1, 0.15) is 31.1 Å². The van der Waals surface area contributed by atoms with Crippen LogP contribution in [0.2, 0.25) is 0 Å². The van der Waals surface area contributed by atoms with Crippen molar-refractivity contribution in [2.75, 3.05) is 5.73 Å². The van der Waals surface area contributed by atoms with Crippen molar-refractivity contribution in [3.05, 3.63) is 23.5 Å². The Bertz CT molecular complexity index is 425. The second-order valence-electron chi connectivity index (χ2n) is 4.45. The van der Waals surface area contributed by atoms with Gasteiger partial charge in [-0.2, -0.15) is 0 Å². The van der Waals surface area contributed by atoms with Crippen molar-refractivity contribution < 1.29 is 13.9 Å². The van der Waals surface area contributed by atoms with Gasteiger partial charge in [-0.1, -0.05) is 0 Å². The summed E-state index contributed by atoms with van der Waals surface area (Å²) in [6.45, 7) is 5.31. The van der Waals surface area contributed by atoms with Crippen molar-refractivity contribution in [1.29, 1.82) is 0 Å².